The Morgan fingerprint density at radius 2 is 1.69 bits per heavy atom. The van der Waals surface area contributed by atoms with Gasteiger partial charge in [0.15, 0.2) is 0 Å². The van der Waals surface area contributed by atoms with Gasteiger partial charge in [0.2, 0.25) is 5.91 Å². The van der Waals surface area contributed by atoms with Crippen LogP contribution < -0.4 is 20.9 Å². The van der Waals surface area contributed by atoms with Gasteiger partial charge in [-0.3, -0.25) is 9.59 Å². The molecule has 2 heterocycles. The Bertz CT molecular complexity index is 1740. The Labute approximate surface area is 261 Å². The van der Waals surface area contributed by atoms with Crippen molar-refractivity contribution in [3.63, 3.8) is 0 Å². The highest BCUT2D eigenvalue weighted by Crippen LogP contribution is 2.34. The zero-order valence-corrected chi connectivity index (χ0v) is 26.2. The number of benzene rings is 3. The SMILES string of the molecule is CC(NC(=O)OC(C)(C)C)C(=O)Nc1ccc(C(=O)N2CCc3cc(S(=O)(=O)N4C[C@H](c5ccccc5)NC4=O)ccc32)cc1. The molecular formula is C32H35N5O7S. The van der Waals surface area contributed by atoms with E-state index in [9.17, 15) is 27.6 Å². The number of carbonyl (C=O) groups is 4. The van der Waals surface area contributed by atoms with E-state index in [0.717, 1.165) is 9.87 Å². The first kappa shape index (κ1) is 31.5. The number of carbonyl (C=O) groups excluding carboxylic acids is 4. The number of fused-ring (bicyclic) bond motifs is 1. The van der Waals surface area contributed by atoms with Gasteiger partial charge in [0, 0.05) is 23.5 Å². The first-order valence-electron chi connectivity index (χ1n) is 14.5. The van der Waals surface area contributed by atoms with Crippen LogP contribution in [0, 0.1) is 0 Å². The van der Waals surface area contributed by atoms with Gasteiger partial charge in [-0.25, -0.2) is 22.3 Å². The molecule has 0 spiro atoms. The second-order valence-electron chi connectivity index (χ2n) is 11.9. The maximum absolute atomic E-state index is 13.4. The molecule has 0 bridgehead atoms. The summed E-state index contributed by atoms with van der Waals surface area (Å²) in [6, 6.07) is 18.0. The molecule has 1 fully saturated rings. The van der Waals surface area contributed by atoms with Crippen molar-refractivity contribution in [3.05, 3.63) is 89.5 Å². The number of hydrogen-bond acceptors (Lipinski definition) is 7. The zero-order valence-electron chi connectivity index (χ0n) is 25.4. The molecule has 5 amide bonds. The molecule has 0 radical (unpaired) electrons. The summed E-state index contributed by atoms with van der Waals surface area (Å²) in [7, 11) is -4.12. The quantitative estimate of drug-likeness (QED) is 0.352. The lowest BCUT2D eigenvalue weighted by Gasteiger charge is -2.21. The summed E-state index contributed by atoms with van der Waals surface area (Å²) >= 11 is 0. The fourth-order valence-electron chi connectivity index (χ4n) is 5.13. The van der Waals surface area contributed by atoms with Crippen LogP contribution in [-0.2, 0) is 26.0 Å². The molecule has 45 heavy (non-hydrogen) atoms. The number of sulfonamides is 1. The molecule has 0 saturated carbocycles. The van der Waals surface area contributed by atoms with Gasteiger partial charge in [0.05, 0.1) is 17.5 Å². The number of urea groups is 1. The van der Waals surface area contributed by atoms with Crippen LogP contribution in [0.2, 0.25) is 0 Å². The summed E-state index contributed by atoms with van der Waals surface area (Å²) in [6.45, 7) is 7.02. The van der Waals surface area contributed by atoms with Crippen molar-refractivity contribution in [3.8, 4) is 0 Å². The molecule has 13 heteroatoms. The van der Waals surface area contributed by atoms with E-state index in [1.165, 1.54) is 19.1 Å². The van der Waals surface area contributed by atoms with E-state index in [0.29, 0.717) is 35.5 Å². The highest BCUT2D eigenvalue weighted by Gasteiger charge is 2.39. The van der Waals surface area contributed by atoms with Crippen molar-refractivity contribution in [1.29, 1.82) is 0 Å². The number of hydrogen-bond donors (Lipinski definition) is 3. The minimum atomic E-state index is -4.12. The Morgan fingerprint density at radius 1 is 1.00 bits per heavy atom. The van der Waals surface area contributed by atoms with Gasteiger partial charge in [-0.05, 0) is 87.7 Å². The molecule has 3 aromatic carbocycles. The van der Waals surface area contributed by atoms with Gasteiger partial charge in [-0.15, -0.1) is 0 Å². The molecule has 12 nitrogen and oxygen atoms in total. The minimum absolute atomic E-state index is 0.0186. The third kappa shape index (κ3) is 6.93. The zero-order chi connectivity index (χ0) is 32.5. The van der Waals surface area contributed by atoms with Crippen LogP contribution in [0.25, 0.3) is 0 Å². The smallest absolute Gasteiger partial charge is 0.408 e. The fourth-order valence-corrected chi connectivity index (χ4v) is 6.53. The number of rotatable bonds is 7. The van der Waals surface area contributed by atoms with E-state index in [-0.39, 0.29) is 17.3 Å². The van der Waals surface area contributed by atoms with Crippen LogP contribution in [0.5, 0.6) is 0 Å². The van der Waals surface area contributed by atoms with Gasteiger partial charge in [0.1, 0.15) is 11.6 Å². The van der Waals surface area contributed by atoms with Crippen LogP contribution in [0.3, 0.4) is 0 Å². The molecule has 2 atom stereocenters. The van der Waals surface area contributed by atoms with Crippen LogP contribution in [-0.4, -0.2) is 61.4 Å². The lowest BCUT2D eigenvalue weighted by molar-refractivity contribution is -0.117. The molecule has 3 N–H and O–H groups in total. The van der Waals surface area contributed by atoms with E-state index in [2.05, 4.69) is 16.0 Å². The van der Waals surface area contributed by atoms with Gasteiger partial charge < -0.3 is 25.6 Å². The molecule has 1 saturated heterocycles. The van der Waals surface area contributed by atoms with Crippen LogP contribution in [0.15, 0.2) is 77.7 Å². The largest absolute Gasteiger partial charge is 0.444 e. The lowest BCUT2D eigenvalue weighted by atomic mass is 10.1. The highest BCUT2D eigenvalue weighted by molar-refractivity contribution is 7.89. The predicted molar refractivity (Wildman–Crippen MR) is 167 cm³/mol. The first-order chi connectivity index (χ1) is 21.2. The Hall–Kier alpha value is -4.91. The van der Waals surface area contributed by atoms with E-state index in [4.69, 9.17) is 4.74 Å². The number of nitrogens with zero attached hydrogens (tertiary/aromatic N) is 2. The number of nitrogens with one attached hydrogen (secondary N) is 3. The number of amides is 5. The molecule has 0 aliphatic carbocycles. The summed E-state index contributed by atoms with van der Waals surface area (Å²) < 4.78 is 32.9. The second kappa shape index (κ2) is 12.2. The summed E-state index contributed by atoms with van der Waals surface area (Å²) in [5.74, 6) is -0.743. The topological polar surface area (TPSA) is 154 Å². The third-order valence-electron chi connectivity index (χ3n) is 7.38. The monoisotopic (exact) mass is 633 g/mol. The number of anilines is 2. The molecule has 0 aromatic heterocycles. The molecule has 2 aliphatic rings. The van der Waals surface area contributed by atoms with Crippen molar-refractivity contribution in [2.75, 3.05) is 23.3 Å². The van der Waals surface area contributed by atoms with Gasteiger partial charge in [0.25, 0.3) is 15.9 Å². The van der Waals surface area contributed by atoms with Gasteiger partial charge in [-0.2, -0.15) is 0 Å². The van der Waals surface area contributed by atoms with Crippen molar-refractivity contribution >= 4 is 45.3 Å². The van der Waals surface area contributed by atoms with Crippen LogP contribution in [0.1, 0.15) is 55.2 Å². The highest BCUT2D eigenvalue weighted by atomic mass is 32.2. The Kier molecular flexibility index (Phi) is 8.57. The molecule has 1 unspecified atom stereocenters. The molecule has 2 aliphatic heterocycles. The van der Waals surface area contributed by atoms with E-state index < -0.39 is 45.7 Å². The Morgan fingerprint density at radius 3 is 2.36 bits per heavy atom. The summed E-state index contributed by atoms with van der Waals surface area (Å²) in [5.41, 5.74) is 2.19. The molecule has 5 rings (SSSR count). The summed E-state index contributed by atoms with van der Waals surface area (Å²) in [5, 5.41) is 7.91. The molecular weight excluding hydrogens is 598 g/mol. The second-order valence-corrected chi connectivity index (χ2v) is 13.7. The third-order valence-corrected chi connectivity index (χ3v) is 9.12. The fraction of sp³-hybridized carbons (Fsp3) is 0.312. The normalized spacial score (nSPS) is 16.9. The van der Waals surface area contributed by atoms with Crippen LogP contribution in [0.4, 0.5) is 21.0 Å². The van der Waals surface area contributed by atoms with Crippen molar-refractivity contribution in [2.24, 2.45) is 0 Å². The van der Waals surface area contributed by atoms with E-state index in [1.54, 1.807) is 56.0 Å². The molecule has 3 aromatic rings. The van der Waals surface area contributed by atoms with Crippen LogP contribution >= 0.6 is 0 Å². The molecule has 236 valence electrons. The van der Waals surface area contributed by atoms with Gasteiger partial charge >= 0.3 is 12.1 Å². The standard InChI is InChI=1S/C32H35N5O7S/c1-20(33-31(41)44-32(2,3)4)28(38)34-24-12-10-22(11-13-24)29(39)36-17-16-23-18-25(14-15-27(23)36)45(42,43)37-19-26(35-30(37)40)21-8-6-5-7-9-21/h5-15,18,20,26H,16-17,19H2,1-4H3,(H,33,41)(H,34,38)(H,35,40)/t20?,26-/m1/s1. The number of alkyl carbamates (subject to hydrolysis) is 1. The summed E-state index contributed by atoms with van der Waals surface area (Å²) in [4.78, 5) is 52.1. The van der Waals surface area contributed by atoms with E-state index >= 15 is 0 Å². The lowest BCUT2D eigenvalue weighted by Crippen LogP contribution is -2.43. The maximum atomic E-state index is 13.4. The maximum Gasteiger partial charge on any atom is 0.408 e. The van der Waals surface area contributed by atoms with E-state index in [1.807, 2.05) is 30.3 Å². The minimum Gasteiger partial charge on any atom is -0.444 e. The average Bonchev–Trinajstić information content (AvgIpc) is 3.60. The Balaban J connectivity index is 1.23. The van der Waals surface area contributed by atoms with Gasteiger partial charge in [-0.1, -0.05) is 30.3 Å². The average molecular weight is 634 g/mol. The number of ether oxygens (including phenoxy) is 1. The predicted octanol–water partition coefficient (Wildman–Crippen LogP) is 4.20. The van der Waals surface area contributed by atoms with Crippen molar-refractivity contribution < 1.29 is 32.3 Å². The first-order valence-corrected chi connectivity index (χ1v) is 15.9. The van der Waals surface area contributed by atoms with Crippen molar-refractivity contribution in [2.45, 2.75) is 56.7 Å². The van der Waals surface area contributed by atoms with Crippen molar-refractivity contribution in [1.82, 2.24) is 14.9 Å². The summed E-state index contributed by atoms with van der Waals surface area (Å²) in [6.07, 6.45) is -0.264.